The van der Waals surface area contributed by atoms with Gasteiger partial charge in [0.1, 0.15) is 6.04 Å². The standard InChI is InChI=1S/C25H29Cl2N3O4S/c1-15(2)29-14-25(35(33,34)22-12-16(3)20(27)11-17(22)4)28-10-9-23(31)30(25)21(24(29)32)13-18-5-7-19(26)8-6-18/h5-8,11-12,15,21,28H,9-10,13-14H2,1-4H3. The quantitative estimate of drug-likeness (QED) is 0.627. The molecule has 2 aliphatic heterocycles. The van der Waals surface area contributed by atoms with Gasteiger partial charge in [-0.3, -0.25) is 19.8 Å². The van der Waals surface area contributed by atoms with E-state index >= 15 is 0 Å². The summed E-state index contributed by atoms with van der Waals surface area (Å²) in [5.41, 5.74) is 1.88. The Balaban J connectivity index is 1.92. The van der Waals surface area contributed by atoms with Gasteiger partial charge < -0.3 is 4.90 Å². The summed E-state index contributed by atoms with van der Waals surface area (Å²) in [7, 11) is -4.19. The first-order chi connectivity index (χ1) is 16.4. The molecule has 2 saturated heterocycles. The van der Waals surface area contributed by atoms with Crippen LogP contribution in [0.4, 0.5) is 0 Å². The van der Waals surface area contributed by atoms with Crippen LogP contribution >= 0.6 is 23.2 Å². The number of sulfone groups is 1. The lowest BCUT2D eigenvalue weighted by molar-refractivity contribution is -0.165. The smallest absolute Gasteiger partial charge is 0.246 e. The van der Waals surface area contributed by atoms with Crippen LogP contribution in [-0.4, -0.2) is 60.2 Å². The molecule has 2 aromatic rings. The molecule has 10 heteroatoms. The largest absolute Gasteiger partial charge is 0.334 e. The van der Waals surface area contributed by atoms with E-state index in [1.54, 1.807) is 55.1 Å². The van der Waals surface area contributed by atoms with Crippen LogP contribution in [0.5, 0.6) is 0 Å². The van der Waals surface area contributed by atoms with E-state index in [9.17, 15) is 18.0 Å². The Morgan fingerprint density at radius 3 is 2.37 bits per heavy atom. The minimum absolute atomic E-state index is 0.0925. The minimum Gasteiger partial charge on any atom is -0.334 e. The van der Waals surface area contributed by atoms with E-state index in [-0.39, 0.29) is 48.7 Å². The fraction of sp³-hybridized carbons (Fsp3) is 0.440. The van der Waals surface area contributed by atoms with E-state index in [1.165, 1.54) is 4.90 Å². The fourth-order valence-electron chi connectivity index (χ4n) is 4.93. The molecule has 2 aromatic carbocycles. The molecule has 0 aliphatic carbocycles. The molecular formula is C25H29Cl2N3O4S. The van der Waals surface area contributed by atoms with E-state index < -0.39 is 20.9 Å². The normalized spacial score (nSPS) is 23.1. The van der Waals surface area contributed by atoms with Gasteiger partial charge in [0.2, 0.25) is 26.6 Å². The summed E-state index contributed by atoms with van der Waals surface area (Å²) in [5, 5.41) is 4.18. The second-order valence-electron chi connectivity index (χ2n) is 9.50. The van der Waals surface area contributed by atoms with Gasteiger partial charge in [0, 0.05) is 35.5 Å². The maximum Gasteiger partial charge on any atom is 0.246 e. The molecule has 2 heterocycles. The van der Waals surface area contributed by atoms with Crippen LogP contribution in [0.25, 0.3) is 0 Å². The van der Waals surface area contributed by atoms with Crippen molar-refractivity contribution in [3.05, 3.63) is 63.1 Å². The number of halogens is 2. The number of piperazine rings is 1. The first kappa shape index (κ1) is 25.9. The van der Waals surface area contributed by atoms with Crippen LogP contribution < -0.4 is 5.32 Å². The lowest BCUT2D eigenvalue weighted by atomic mass is 9.97. The maximum atomic E-state index is 14.4. The number of rotatable bonds is 5. The third-order valence-corrected chi connectivity index (χ3v) is 9.86. The molecule has 2 amide bonds. The Morgan fingerprint density at radius 1 is 1.09 bits per heavy atom. The van der Waals surface area contributed by atoms with Gasteiger partial charge >= 0.3 is 0 Å². The van der Waals surface area contributed by atoms with Crippen molar-refractivity contribution < 1.29 is 18.0 Å². The lowest BCUT2D eigenvalue weighted by Gasteiger charge is -2.56. The molecule has 2 fully saturated rings. The molecule has 0 spiro atoms. The molecule has 2 aliphatic rings. The van der Waals surface area contributed by atoms with Gasteiger partial charge in [0.15, 0.2) is 0 Å². The Bertz CT molecular complexity index is 1280. The zero-order chi connectivity index (χ0) is 25.7. The first-order valence-electron chi connectivity index (χ1n) is 11.5. The Hall–Kier alpha value is -2.13. The van der Waals surface area contributed by atoms with Gasteiger partial charge in [-0.25, -0.2) is 8.42 Å². The van der Waals surface area contributed by atoms with Crippen molar-refractivity contribution in [2.45, 2.75) is 62.5 Å². The maximum absolute atomic E-state index is 14.4. The molecule has 0 radical (unpaired) electrons. The molecule has 0 saturated carbocycles. The molecule has 4 rings (SSSR count). The third kappa shape index (κ3) is 4.35. The van der Waals surface area contributed by atoms with Gasteiger partial charge in [-0.1, -0.05) is 35.3 Å². The van der Waals surface area contributed by atoms with Gasteiger partial charge in [-0.2, -0.15) is 0 Å². The topological polar surface area (TPSA) is 86.8 Å². The van der Waals surface area contributed by atoms with Crippen molar-refractivity contribution in [2.75, 3.05) is 13.1 Å². The average Bonchev–Trinajstić information content (AvgIpc) is 2.79. The Morgan fingerprint density at radius 2 is 1.74 bits per heavy atom. The zero-order valence-electron chi connectivity index (χ0n) is 20.1. The van der Waals surface area contributed by atoms with Crippen molar-refractivity contribution in [3.8, 4) is 0 Å². The summed E-state index contributed by atoms with van der Waals surface area (Å²) >= 11 is 12.3. The van der Waals surface area contributed by atoms with E-state index in [4.69, 9.17) is 23.2 Å². The Labute approximate surface area is 216 Å². The first-order valence-corrected chi connectivity index (χ1v) is 13.8. The number of nitrogens with zero attached hydrogens (tertiary/aromatic N) is 2. The fourth-order valence-corrected chi connectivity index (χ4v) is 7.55. The molecule has 35 heavy (non-hydrogen) atoms. The van der Waals surface area contributed by atoms with Crippen molar-refractivity contribution in [3.63, 3.8) is 0 Å². The van der Waals surface area contributed by atoms with Crippen molar-refractivity contribution in [2.24, 2.45) is 0 Å². The molecular weight excluding hydrogens is 509 g/mol. The summed E-state index contributed by atoms with van der Waals surface area (Å²) in [6, 6.07) is 8.91. The predicted octanol–water partition coefficient (Wildman–Crippen LogP) is 3.72. The summed E-state index contributed by atoms with van der Waals surface area (Å²) in [5.74, 6) is -0.645. The van der Waals surface area contributed by atoms with Crippen LogP contribution in [-0.2, 0) is 25.8 Å². The SMILES string of the molecule is Cc1cc(S(=O)(=O)C23CN(C(C)C)C(=O)C(Cc4ccc(Cl)cc4)N2C(=O)CCN3)c(C)cc1Cl. The second kappa shape index (κ2) is 9.39. The average molecular weight is 538 g/mol. The predicted molar refractivity (Wildman–Crippen MR) is 136 cm³/mol. The highest BCUT2D eigenvalue weighted by atomic mass is 35.5. The number of benzene rings is 2. The molecule has 188 valence electrons. The Kier molecular flexibility index (Phi) is 6.96. The van der Waals surface area contributed by atoms with Crippen LogP contribution in [0.3, 0.4) is 0 Å². The molecule has 0 aromatic heterocycles. The van der Waals surface area contributed by atoms with Gasteiger partial charge in [-0.05, 0) is 68.7 Å². The van der Waals surface area contributed by atoms with Crippen LogP contribution in [0, 0.1) is 13.8 Å². The monoisotopic (exact) mass is 537 g/mol. The minimum atomic E-state index is -4.19. The number of carbonyl (C=O) groups excluding carboxylic acids is 2. The zero-order valence-corrected chi connectivity index (χ0v) is 22.5. The number of aryl methyl sites for hydroxylation is 2. The van der Waals surface area contributed by atoms with Crippen LogP contribution in [0.1, 0.15) is 37.0 Å². The highest BCUT2D eigenvalue weighted by molar-refractivity contribution is 7.92. The van der Waals surface area contributed by atoms with E-state index in [1.807, 2.05) is 13.8 Å². The number of hydrogen-bond donors (Lipinski definition) is 1. The molecule has 2 atom stereocenters. The molecule has 0 bridgehead atoms. The highest BCUT2D eigenvalue weighted by Gasteiger charge is 2.61. The van der Waals surface area contributed by atoms with Crippen LogP contribution in [0.2, 0.25) is 10.0 Å². The van der Waals surface area contributed by atoms with Crippen molar-refractivity contribution in [1.82, 2.24) is 15.1 Å². The summed E-state index contributed by atoms with van der Waals surface area (Å²) in [6.45, 7) is 7.13. The van der Waals surface area contributed by atoms with Crippen molar-refractivity contribution in [1.29, 1.82) is 0 Å². The van der Waals surface area contributed by atoms with E-state index in [2.05, 4.69) is 5.32 Å². The number of fused-ring (bicyclic) bond motifs is 1. The number of nitrogens with one attached hydrogen (secondary N) is 1. The van der Waals surface area contributed by atoms with Crippen LogP contribution in [0.15, 0.2) is 41.3 Å². The highest BCUT2D eigenvalue weighted by Crippen LogP contribution is 2.40. The summed E-state index contributed by atoms with van der Waals surface area (Å²) < 4.78 is 28.9. The molecule has 2 unspecified atom stereocenters. The number of amides is 2. The van der Waals surface area contributed by atoms with Gasteiger partial charge in [-0.15, -0.1) is 0 Å². The van der Waals surface area contributed by atoms with Gasteiger partial charge in [0.05, 0.1) is 11.4 Å². The third-order valence-electron chi connectivity index (χ3n) is 6.82. The summed E-state index contributed by atoms with van der Waals surface area (Å²) in [4.78, 5) is 28.2. The number of hydrogen-bond acceptors (Lipinski definition) is 5. The van der Waals surface area contributed by atoms with E-state index in [0.29, 0.717) is 21.2 Å². The second-order valence-corrected chi connectivity index (χ2v) is 12.5. The molecule has 7 nitrogen and oxygen atoms in total. The number of carbonyl (C=O) groups is 2. The van der Waals surface area contributed by atoms with Gasteiger partial charge in [0.25, 0.3) is 0 Å². The van der Waals surface area contributed by atoms with Crippen molar-refractivity contribution >= 4 is 44.9 Å². The van der Waals surface area contributed by atoms with E-state index in [0.717, 1.165) is 5.56 Å². The molecule has 1 N–H and O–H groups in total. The summed E-state index contributed by atoms with van der Waals surface area (Å²) in [6.07, 6.45) is 0.268. The lowest BCUT2D eigenvalue weighted by Crippen LogP contribution is -2.80.